The Bertz CT molecular complexity index is 1030. The van der Waals surface area contributed by atoms with Gasteiger partial charge in [-0.25, -0.2) is 9.59 Å². The number of fused-ring (bicyclic) bond motifs is 1. The lowest BCUT2D eigenvalue weighted by atomic mass is 9.91. The lowest BCUT2D eigenvalue weighted by Gasteiger charge is -2.34. The maximum atomic E-state index is 12.8. The second kappa shape index (κ2) is 7.59. The molecule has 4 rings (SSSR count). The van der Waals surface area contributed by atoms with E-state index in [9.17, 15) is 19.7 Å². The van der Waals surface area contributed by atoms with Gasteiger partial charge < -0.3 is 9.47 Å². The summed E-state index contributed by atoms with van der Waals surface area (Å²) in [5.74, 6) is -0.533. The molecule has 0 fully saturated rings. The molecule has 2 aliphatic rings. The van der Waals surface area contributed by atoms with Gasteiger partial charge in [0.25, 0.3) is 5.69 Å². The van der Waals surface area contributed by atoms with Gasteiger partial charge in [0, 0.05) is 18.3 Å². The number of esters is 1. The number of nitrogens with zero attached hydrogens (tertiary/aromatic N) is 2. The molecule has 146 valence electrons. The molecule has 8 heteroatoms. The molecule has 2 heterocycles. The largest absolute Gasteiger partial charge is 0.452 e. The number of nitro benzene ring substituents is 1. The van der Waals surface area contributed by atoms with Gasteiger partial charge in [0.15, 0.2) is 0 Å². The van der Waals surface area contributed by atoms with Crippen molar-refractivity contribution in [3.63, 3.8) is 0 Å². The van der Waals surface area contributed by atoms with Crippen molar-refractivity contribution in [3.05, 3.63) is 93.7 Å². The van der Waals surface area contributed by atoms with Crippen LogP contribution in [0.25, 0.3) is 6.08 Å². The van der Waals surface area contributed by atoms with E-state index in [2.05, 4.69) is 0 Å². The molecule has 8 nitrogen and oxygen atoms in total. The van der Waals surface area contributed by atoms with E-state index in [-0.39, 0.29) is 12.3 Å². The number of rotatable bonds is 4. The Morgan fingerprint density at radius 2 is 1.93 bits per heavy atom. The van der Waals surface area contributed by atoms with Gasteiger partial charge >= 0.3 is 12.1 Å². The van der Waals surface area contributed by atoms with Crippen LogP contribution in [0.3, 0.4) is 0 Å². The second-order valence-electron chi connectivity index (χ2n) is 6.51. The van der Waals surface area contributed by atoms with Crippen LogP contribution >= 0.6 is 0 Å². The summed E-state index contributed by atoms with van der Waals surface area (Å²) in [6, 6.07) is 13.0. The lowest BCUT2D eigenvalue weighted by molar-refractivity contribution is -0.385. The number of carbonyl (C=O) groups is 2. The first-order chi connectivity index (χ1) is 14.0. The van der Waals surface area contributed by atoms with Gasteiger partial charge in [-0.05, 0) is 23.3 Å². The zero-order chi connectivity index (χ0) is 20.4. The molecule has 0 bridgehead atoms. The van der Waals surface area contributed by atoms with Crippen molar-refractivity contribution in [1.29, 1.82) is 0 Å². The van der Waals surface area contributed by atoms with Crippen LogP contribution in [0.15, 0.2) is 66.9 Å². The van der Waals surface area contributed by atoms with E-state index < -0.39 is 29.1 Å². The Kier molecular flexibility index (Phi) is 4.82. The number of amides is 1. The van der Waals surface area contributed by atoms with Crippen LogP contribution in [0, 0.1) is 10.1 Å². The topological polar surface area (TPSA) is 99.0 Å². The van der Waals surface area contributed by atoms with E-state index in [0.29, 0.717) is 11.1 Å². The minimum absolute atomic E-state index is 0.0683. The van der Waals surface area contributed by atoms with Crippen molar-refractivity contribution < 1.29 is 24.0 Å². The fraction of sp³-hybridized carbons (Fsp3) is 0.143. The minimum Gasteiger partial charge on any atom is -0.452 e. The molecule has 0 saturated heterocycles. The van der Waals surface area contributed by atoms with Crippen LogP contribution < -0.4 is 0 Å². The number of benzene rings is 2. The van der Waals surface area contributed by atoms with Gasteiger partial charge in [0.05, 0.1) is 10.5 Å². The minimum atomic E-state index is -0.780. The van der Waals surface area contributed by atoms with Gasteiger partial charge in [-0.15, -0.1) is 0 Å². The molecule has 2 aromatic rings. The highest BCUT2D eigenvalue weighted by atomic mass is 16.6. The van der Waals surface area contributed by atoms with E-state index in [1.54, 1.807) is 6.07 Å². The monoisotopic (exact) mass is 392 g/mol. The highest BCUT2D eigenvalue weighted by molar-refractivity contribution is 5.85. The molecule has 0 saturated carbocycles. The number of cyclic esters (lactones) is 1. The Balaban J connectivity index is 1.66. The molecule has 0 aromatic heterocycles. The maximum absolute atomic E-state index is 12.8. The van der Waals surface area contributed by atoms with E-state index in [0.717, 1.165) is 5.56 Å². The van der Waals surface area contributed by atoms with Gasteiger partial charge in [0.2, 0.25) is 0 Å². The van der Waals surface area contributed by atoms with Crippen molar-refractivity contribution in [3.8, 4) is 0 Å². The lowest BCUT2D eigenvalue weighted by Crippen LogP contribution is -2.39. The fourth-order valence-electron chi connectivity index (χ4n) is 3.43. The number of nitro groups is 1. The number of ether oxygens (including phenoxy) is 2. The predicted octanol–water partition coefficient (Wildman–Crippen LogP) is 3.74. The van der Waals surface area contributed by atoms with Crippen molar-refractivity contribution in [2.75, 3.05) is 0 Å². The molecule has 1 amide bonds. The van der Waals surface area contributed by atoms with Crippen molar-refractivity contribution in [2.45, 2.75) is 18.8 Å². The summed E-state index contributed by atoms with van der Waals surface area (Å²) in [6.07, 6.45) is 4.29. The third-order valence-corrected chi connectivity index (χ3v) is 4.74. The first kappa shape index (κ1) is 18.4. The molecule has 2 aliphatic heterocycles. The molecular weight excluding hydrogens is 376 g/mol. The van der Waals surface area contributed by atoms with Gasteiger partial charge in [-0.2, -0.15) is 0 Å². The van der Waals surface area contributed by atoms with Crippen molar-refractivity contribution in [2.24, 2.45) is 0 Å². The molecule has 2 atom stereocenters. The van der Waals surface area contributed by atoms with Gasteiger partial charge in [0.1, 0.15) is 18.8 Å². The highest BCUT2D eigenvalue weighted by Gasteiger charge is 2.39. The SMILES string of the molecule is O=C1C=C[C@@H]([C@@H]2c3cccc([N+](=O)[O-])c3C=CN2C(=O)OCc2ccccc2)O1. The highest BCUT2D eigenvalue weighted by Crippen LogP contribution is 2.39. The molecule has 0 spiro atoms. The third-order valence-electron chi connectivity index (χ3n) is 4.74. The van der Waals surface area contributed by atoms with Crippen LogP contribution in [-0.2, 0) is 20.9 Å². The fourth-order valence-corrected chi connectivity index (χ4v) is 3.43. The first-order valence-electron chi connectivity index (χ1n) is 8.88. The van der Waals surface area contributed by atoms with Gasteiger partial charge in [-0.3, -0.25) is 15.0 Å². The van der Waals surface area contributed by atoms with E-state index in [1.807, 2.05) is 30.3 Å². The summed E-state index contributed by atoms with van der Waals surface area (Å²) in [7, 11) is 0. The van der Waals surface area contributed by atoms with Gasteiger partial charge in [-0.1, -0.05) is 42.5 Å². The zero-order valence-corrected chi connectivity index (χ0v) is 15.1. The number of hydrogen-bond donors (Lipinski definition) is 0. The molecule has 0 N–H and O–H groups in total. The quantitative estimate of drug-likeness (QED) is 0.446. The summed E-state index contributed by atoms with van der Waals surface area (Å²) in [4.78, 5) is 36.6. The van der Waals surface area contributed by atoms with Crippen molar-refractivity contribution >= 4 is 23.8 Å². The van der Waals surface area contributed by atoms with E-state index in [1.165, 1.54) is 41.5 Å². The Morgan fingerprint density at radius 3 is 2.62 bits per heavy atom. The molecule has 29 heavy (non-hydrogen) atoms. The average molecular weight is 392 g/mol. The number of hydrogen-bond acceptors (Lipinski definition) is 6. The van der Waals surface area contributed by atoms with E-state index >= 15 is 0 Å². The Labute approximate surface area is 165 Å². The second-order valence-corrected chi connectivity index (χ2v) is 6.51. The smallest absolute Gasteiger partial charge is 0.414 e. The summed E-state index contributed by atoms with van der Waals surface area (Å²) >= 11 is 0. The molecule has 0 aliphatic carbocycles. The predicted molar refractivity (Wildman–Crippen MR) is 102 cm³/mol. The zero-order valence-electron chi connectivity index (χ0n) is 15.1. The molecule has 0 radical (unpaired) electrons. The van der Waals surface area contributed by atoms with Crippen LogP contribution in [0.1, 0.15) is 22.7 Å². The summed E-state index contributed by atoms with van der Waals surface area (Å²) in [6.45, 7) is 0.0683. The summed E-state index contributed by atoms with van der Waals surface area (Å²) in [5.41, 5.74) is 1.60. The summed E-state index contributed by atoms with van der Waals surface area (Å²) in [5, 5.41) is 11.4. The Hall–Kier alpha value is -3.94. The van der Waals surface area contributed by atoms with Crippen LogP contribution in [-0.4, -0.2) is 28.0 Å². The molecule has 2 aromatic carbocycles. The molecule has 0 unspecified atom stereocenters. The maximum Gasteiger partial charge on any atom is 0.414 e. The van der Waals surface area contributed by atoms with Crippen molar-refractivity contribution in [1.82, 2.24) is 4.90 Å². The van der Waals surface area contributed by atoms with Crippen LogP contribution in [0.2, 0.25) is 0 Å². The standard InChI is InChI=1S/C21H16N2O6/c24-19-10-9-18(29-19)20-16-7-4-8-17(23(26)27)15(16)11-12-22(20)21(25)28-13-14-5-2-1-3-6-14/h1-12,18,20H,13H2/t18-,20-/m0/s1. The molecular formula is C21H16N2O6. The third kappa shape index (κ3) is 3.60. The normalized spacial score (nSPS) is 19.6. The van der Waals surface area contributed by atoms with E-state index in [4.69, 9.17) is 9.47 Å². The summed E-state index contributed by atoms with van der Waals surface area (Å²) < 4.78 is 10.7. The average Bonchev–Trinajstić information content (AvgIpc) is 3.17. The number of carbonyl (C=O) groups excluding carboxylic acids is 2. The first-order valence-corrected chi connectivity index (χ1v) is 8.88. The van der Waals surface area contributed by atoms with Crippen LogP contribution in [0.5, 0.6) is 0 Å². The van der Waals surface area contributed by atoms with Crippen LogP contribution in [0.4, 0.5) is 10.5 Å². The Morgan fingerprint density at radius 1 is 1.14 bits per heavy atom.